The third-order valence-corrected chi connectivity index (χ3v) is 6.63. The molecule has 1 aliphatic heterocycles. The van der Waals surface area contributed by atoms with Gasteiger partial charge in [0, 0.05) is 6.61 Å². The quantitative estimate of drug-likeness (QED) is 0.303. The van der Waals surface area contributed by atoms with E-state index in [1.54, 1.807) is 6.92 Å². The van der Waals surface area contributed by atoms with E-state index in [4.69, 9.17) is 18.9 Å². The van der Waals surface area contributed by atoms with Gasteiger partial charge in [-0.25, -0.2) is 4.79 Å². The number of rotatable bonds is 8. The second-order valence-corrected chi connectivity index (χ2v) is 8.75. The van der Waals surface area contributed by atoms with E-state index >= 15 is 0 Å². The number of phenolic OH excluding ortho intramolecular Hbond substituents is 1. The van der Waals surface area contributed by atoms with Gasteiger partial charge < -0.3 is 44.5 Å². The van der Waals surface area contributed by atoms with Crippen LogP contribution in [-0.4, -0.2) is 94.6 Å². The SMILES string of the molecule is COC(=O)C1C(CCO)CC(OC2OC(COC(=O)c3ccc(O)cc3)C(O)C(O)C2O)C1C. The van der Waals surface area contributed by atoms with Gasteiger partial charge in [0.05, 0.1) is 24.7 Å². The van der Waals surface area contributed by atoms with E-state index in [1.807, 2.05) is 0 Å². The molecule has 3 rings (SSSR count). The molecule has 0 radical (unpaired) electrons. The topological polar surface area (TPSA) is 172 Å². The van der Waals surface area contributed by atoms with E-state index < -0.39 is 61.3 Å². The van der Waals surface area contributed by atoms with Gasteiger partial charge in [0.25, 0.3) is 0 Å². The highest BCUT2D eigenvalue weighted by atomic mass is 16.7. The van der Waals surface area contributed by atoms with Crippen molar-refractivity contribution in [1.82, 2.24) is 0 Å². The summed E-state index contributed by atoms with van der Waals surface area (Å²) in [5.74, 6) is -2.20. The number of carbonyl (C=O) groups is 2. The molecule has 1 saturated heterocycles. The van der Waals surface area contributed by atoms with Crippen molar-refractivity contribution >= 4 is 11.9 Å². The van der Waals surface area contributed by atoms with Crippen LogP contribution in [0.25, 0.3) is 0 Å². The molecule has 1 aliphatic carbocycles. The Bertz CT molecular complexity index is 829. The van der Waals surface area contributed by atoms with Crippen molar-refractivity contribution in [1.29, 1.82) is 0 Å². The van der Waals surface area contributed by atoms with Crippen LogP contribution in [0, 0.1) is 17.8 Å². The number of hydrogen-bond donors (Lipinski definition) is 5. The van der Waals surface area contributed by atoms with Gasteiger partial charge in [0.1, 0.15) is 36.8 Å². The van der Waals surface area contributed by atoms with Crippen molar-refractivity contribution < 1.29 is 54.1 Å². The van der Waals surface area contributed by atoms with Gasteiger partial charge in [-0.2, -0.15) is 0 Å². The molecule has 9 atom stereocenters. The van der Waals surface area contributed by atoms with E-state index in [0.717, 1.165) is 0 Å². The fraction of sp³-hybridized carbons (Fsp3) is 0.652. The smallest absolute Gasteiger partial charge is 0.338 e. The molecule has 1 heterocycles. The zero-order chi connectivity index (χ0) is 25.0. The maximum atomic E-state index is 12.3. The lowest BCUT2D eigenvalue weighted by molar-refractivity contribution is -0.313. The van der Waals surface area contributed by atoms with Crippen LogP contribution < -0.4 is 0 Å². The predicted molar refractivity (Wildman–Crippen MR) is 114 cm³/mol. The molecule has 34 heavy (non-hydrogen) atoms. The van der Waals surface area contributed by atoms with Crippen LogP contribution in [0.4, 0.5) is 0 Å². The monoisotopic (exact) mass is 484 g/mol. The minimum Gasteiger partial charge on any atom is -0.508 e. The van der Waals surface area contributed by atoms with Crippen molar-refractivity contribution in [2.75, 3.05) is 20.3 Å². The number of aliphatic hydroxyl groups excluding tert-OH is 4. The molecular formula is C23H32O11. The molecule has 190 valence electrons. The number of benzene rings is 1. The van der Waals surface area contributed by atoms with Crippen LogP contribution in [0.3, 0.4) is 0 Å². The first-order valence-corrected chi connectivity index (χ1v) is 11.2. The summed E-state index contributed by atoms with van der Waals surface area (Å²) in [5, 5.41) is 49.7. The summed E-state index contributed by atoms with van der Waals surface area (Å²) in [6.07, 6.45) is -7.09. The number of carbonyl (C=O) groups excluding carboxylic acids is 2. The summed E-state index contributed by atoms with van der Waals surface area (Å²) in [7, 11) is 1.29. The van der Waals surface area contributed by atoms with Crippen LogP contribution in [0.15, 0.2) is 24.3 Å². The average molecular weight is 484 g/mol. The first-order valence-electron chi connectivity index (χ1n) is 11.2. The number of aliphatic hydroxyl groups is 4. The summed E-state index contributed by atoms with van der Waals surface area (Å²) in [6.45, 7) is 1.25. The minimum absolute atomic E-state index is 0.0171. The van der Waals surface area contributed by atoms with Gasteiger partial charge >= 0.3 is 11.9 Å². The third kappa shape index (κ3) is 5.68. The zero-order valence-electron chi connectivity index (χ0n) is 19.0. The Morgan fingerprint density at radius 3 is 2.38 bits per heavy atom. The van der Waals surface area contributed by atoms with Gasteiger partial charge in [-0.1, -0.05) is 6.92 Å². The van der Waals surface area contributed by atoms with Crippen molar-refractivity contribution in [2.24, 2.45) is 17.8 Å². The predicted octanol–water partition coefficient (Wildman–Crippen LogP) is -0.431. The van der Waals surface area contributed by atoms with Gasteiger partial charge in [-0.15, -0.1) is 0 Å². The van der Waals surface area contributed by atoms with Crippen molar-refractivity contribution in [3.05, 3.63) is 29.8 Å². The molecule has 9 unspecified atom stereocenters. The van der Waals surface area contributed by atoms with E-state index in [0.29, 0.717) is 12.8 Å². The molecule has 0 bridgehead atoms. The molecule has 0 aromatic heterocycles. The second kappa shape index (κ2) is 11.4. The normalized spacial score (nSPS) is 35.6. The van der Waals surface area contributed by atoms with Gasteiger partial charge in [-0.05, 0) is 48.9 Å². The molecule has 1 aromatic rings. The fourth-order valence-electron chi connectivity index (χ4n) is 4.68. The maximum absolute atomic E-state index is 12.3. The number of esters is 2. The Labute approximate surface area is 196 Å². The van der Waals surface area contributed by atoms with Crippen molar-refractivity contribution in [3.8, 4) is 5.75 Å². The summed E-state index contributed by atoms with van der Waals surface area (Å²) >= 11 is 0. The Hall–Kier alpha value is -2.28. The number of aromatic hydroxyl groups is 1. The van der Waals surface area contributed by atoms with Gasteiger partial charge in [0.15, 0.2) is 6.29 Å². The van der Waals surface area contributed by atoms with Crippen LogP contribution in [0.5, 0.6) is 5.75 Å². The minimum atomic E-state index is -1.63. The zero-order valence-corrected chi connectivity index (χ0v) is 19.0. The highest BCUT2D eigenvalue weighted by Crippen LogP contribution is 2.42. The first kappa shape index (κ1) is 26.3. The second-order valence-electron chi connectivity index (χ2n) is 8.75. The van der Waals surface area contributed by atoms with Crippen LogP contribution in [0.1, 0.15) is 30.1 Å². The highest BCUT2D eigenvalue weighted by molar-refractivity contribution is 5.89. The standard InChI is InChI=1S/C23H32O11/c1-11-15(9-13(7-8-24)17(11)22(30)31-2)33-23-20(28)19(27)18(26)16(34-23)10-32-21(29)12-3-5-14(25)6-4-12/h3-6,11,13,15-20,23-28H,7-10H2,1-2H3. The molecule has 11 nitrogen and oxygen atoms in total. The fourth-order valence-corrected chi connectivity index (χ4v) is 4.68. The molecule has 1 saturated carbocycles. The van der Waals surface area contributed by atoms with Gasteiger partial charge in [0.2, 0.25) is 0 Å². The molecule has 2 aliphatic rings. The molecule has 5 N–H and O–H groups in total. The Kier molecular flexibility index (Phi) is 8.85. The van der Waals surface area contributed by atoms with Crippen molar-refractivity contribution in [3.63, 3.8) is 0 Å². The number of hydrogen-bond acceptors (Lipinski definition) is 11. The first-order chi connectivity index (χ1) is 16.2. The summed E-state index contributed by atoms with van der Waals surface area (Å²) in [5.41, 5.74) is 0.167. The molecule has 0 spiro atoms. The van der Waals surface area contributed by atoms with E-state index in [1.165, 1.54) is 31.4 Å². The molecule has 2 fully saturated rings. The number of methoxy groups -OCH3 is 1. The molecule has 1 aromatic carbocycles. The largest absolute Gasteiger partial charge is 0.508 e. The Morgan fingerprint density at radius 1 is 1.09 bits per heavy atom. The summed E-state index contributed by atoms with van der Waals surface area (Å²) < 4.78 is 21.6. The lowest BCUT2D eigenvalue weighted by atomic mass is 9.88. The maximum Gasteiger partial charge on any atom is 0.338 e. The average Bonchev–Trinajstić information content (AvgIpc) is 3.13. The van der Waals surface area contributed by atoms with E-state index in [2.05, 4.69) is 0 Å². The van der Waals surface area contributed by atoms with Gasteiger partial charge in [-0.3, -0.25) is 4.79 Å². The molecular weight excluding hydrogens is 452 g/mol. The van der Waals surface area contributed by atoms with E-state index in [-0.39, 0.29) is 29.8 Å². The van der Waals surface area contributed by atoms with Crippen LogP contribution >= 0.6 is 0 Å². The van der Waals surface area contributed by atoms with Crippen LogP contribution in [0.2, 0.25) is 0 Å². The number of ether oxygens (including phenoxy) is 4. The lowest BCUT2D eigenvalue weighted by Crippen LogP contribution is -2.60. The number of phenols is 1. The highest BCUT2D eigenvalue weighted by Gasteiger charge is 2.50. The van der Waals surface area contributed by atoms with Crippen LogP contribution in [-0.2, 0) is 23.7 Å². The molecule has 11 heteroatoms. The third-order valence-electron chi connectivity index (χ3n) is 6.63. The summed E-state index contributed by atoms with van der Waals surface area (Å²) in [6, 6.07) is 5.37. The lowest BCUT2D eigenvalue weighted by Gasteiger charge is -2.41. The summed E-state index contributed by atoms with van der Waals surface area (Å²) in [4.78, 5) is 24.5. The Morgan fingerprint density at radius 2 is 1.76 bits per heavy atom. The Balaban J connectivity index is 1.65. The van der Waals surface area contributed by atoms with Crippen molar-refractivity contribution in [2.45, 2.75) is 56.6 Å². The molecule has 0 amide bonds. The van der Waals surface area contributed by atoms with E-state index in [9.17, 15) is 35.1 Å².